The Balaban J connectivity index is 1.95. The maximum absolute atomic E-state index is 9.78. The van der Waals surface area contributed by atoms with Crippen molar-refractivity contribution in [3.8, 4) is 11.5 Å². The molecule has 2 aromatic rings. The van der Waals surface area contributed by atoms with E-state index in [1.807, 2.05) is 18.3 Å². The van der Waals surface area contributed by atoms with Crippen molar-refractivity contribution in [3.05, 3.63) is 24.4 Å². The second-order valence-electron chi connectivity index (χ2n) is 4.29. The molecule has 1 aromatic carbocycles. The zero-order chi connectivity index (χ0) is 12.1. The summed E-state index contributed by atoms with van der Waals surface area (Å²) in [5.74, 6) is 0.782. The summed E-state index contributed by atoms with van der Waals surface area (Å²) < 4.78 is 5.60. The third-order valence-corrected chi connectivity index (χ3v) is 2.89. The minimum Gasteiger partial charge on any atom is -0.504 e. The Bertz CT molecular complexity index is 476. The molecule has 0 unspecified atom stereocenters. The molecular weight excluding hydrogens is 214 g/mol. The summed E-state index contributed by atoms with van der Waals surface area (Å²) in [6.07, 6.45) is 6.55. The van der Waals surface area contributed by atoms with E-state index in [4.69, 9.17) is 4.74 Å². The zero-order valence-electron chi connectivity index (χ0n) is 10.2. The van der Waals surface area contributed by atoms with E-state index in [1.54, 1.807) is 6.07 Å². The van der Waals surface area contributed by atoms with Gasteiger partial charge < -0.3 is 14.8 Å². The molecule has 0 atom stereocenters. The molecule has 0 fully saturated rings. The van der Waals surface area contributed by atoms with Crippen LogP contribution in [0.5, 0.6) is 11.5 Å². The number of benzene rings is 1. The number of hydrogen-bond donors (Lipinski definition) is 2. The summed E-state index contributed by atoms with van der Waals surface area (Å²) in [6.45, 7) is 2.86. The summed E-state index contributed by atoms with van der Waals surface area (Å²) in [4.78, 5) is 3.06. The number of nitrogens with one attached hydrogen (secondary N) is 1. The van der Waals surface area contributed by atoms with Crippen molar-refractivity contribution in [1.29, 1.82) is 0 Å². The average Bonchev–Trinajstić information content (AvgIpc) is 2.76. The molecule has 0 aliphatic heterocycles. The highest BCUT2D eigenvalue weighted by atomic mass is 16.5. The van der Waals surface area contributed by atoms with Gasteiger partial charge in [0.15, 0.2) is 11.5 Å². The van der Waals surface area contributed by atoms with Crippen molar-refractivity contribution in [3.63, 3.8) is 0 Å². The van der Waals surface area contributed by atoms with Gasteiger partial charge in [0.25, 0.3) is 0 Å². The molecule has 0 aliphatic carbocycles. The first-order valence-corrected chi connectivity index (χ1v) is 6.24. The first kappa shape index (κ1) is 11.8. The van der Waals surface area contributed by atoms with Gasteiger partial charge in [-0.25, -0.2) is 0 Å². The van der Waals surface area contributed by atoms with Gasteiger partial charge in [-0.2, -0.15) is 0 Å². The van der Waals surface area contributed by atoms with E-state index < -0.39 is 0 Å². The molecule has 2 N–H and O–H groups in total. The minimum absolute atomic E-state index is 0.204. The van der Waals surface area contributed by atoms with Crippen molar-refractivity contribution in [2.45, 2.75) is 32.6 Å². The van der Waals surface area contributed by atoms with E-state index in [9.17, 15) is 5.11 Å². The van der Waals surface area contributed by atoms with Crippen LogP contribution < -0.4 is 4.74 Å². The number of phenolic OH excluding ortho intramolecular Hbond substituents is 1. The highest BCUT2D eigenvalue weighted by molar-refractivity contribution is 5.83. The summed E-state index contributed by atoms with van der Waals surface area (Å²) in [5, 5.41) is 10.8. The zero-order valence-corrected chi connectivity index (χ0v) is 10.2. The van der Waals surface area contributed by atoms with Gasteiger partial charge in [-0.1, -0.05) is 26.2 Å². The van der Waals surface area contributed by atoms with Gasteiger partial charge in [-0.3, -0.25) is 0 Å². The highest BCUT2D eigenvalue weighted by Crippen LogP contribution is 2.30. The maximum Gasteiger partial charge on any atom is 0.161 e. The van der Waals surface area contributed by atoms with Gasteiger partial charge in [0.05, 0.1) is 6.61 Å². The van der Waals surface area contributed by atoms with Crippen molar-refractivity contribution in [1.82, 2.24) is 4.98 Å². The number of rotatable bonds is 6. The lowest BCUT2D eigenvalue weighted by Crippen LogP contribution is -1.97. The van der Waals surface area contributed by atoms with Gasteiger partial charge in [0.2, 0.25) is 0 Å². The van der Waals surface area contributed by atoms with Crippen LogP contribution in [-0.2, 0) is 0 Å². The van der Waals surface area contributed by atoms with Crippen LogP contribution >= 0.6 is 0 Å². The lowest BCUT2D eigenvalue weighted by molar-refractivity contribution is 0.290. The molecule has 3 nitrogen and oxygen atoms in total. The van der Waals surface area contributed by atoms with Crippen LogP contribution in [0.25, 0.3) is 10.9 Å². The molecule has 17 heavy (non-hydrogen) atoms. The lowest BCUT2D eigenvalue weighted by atomic mass is 10.2. The Hall–Kier alpha value is -1.64. The molecule has 0 aliphatic rings. The normalized spacial score (nSPS) is 10.9. The van der Waals surface area contributed by atoms with Gasteiger partial charge in [-0.15, -0.1) is 0 Å². The monoisotopic (exact) mass is 233 g/mol. The molecule has 1 heterocycles. The summed E-state index contributed by atoms with van der Waals surface area (Å²) in [5.41, 5.74) is 0.931. The Labute approximate surface area is 101 Å². The van der Waals surface area contributed by atoms with Crippen LogP contribution in [0.1, 0.15) is 32.6 Å². The number of aromatic nitrogens is 1. The molecule has 3 heteroatoms. The molecule has 0 spiro atoms. The van der Waals surface area contributed by atoms with Crippen LogP contribution in [0, 0.1) is 0 Å². The first-order valence-electron chi connectivity index (χ1n) is 6.24. The van der Waals surface area contributed by atoms with Crippen LogP contribution in [0.15, 0.2) is 24.4 Å². The number of aromatic hydroxyl groups is 1. The largest absolute Gasteiger partial charge is 0.504 e. The van der Waals surface area contributed by atoms with Crippen molar-refractivity contribution < 1.29 is 9.84 Å². The Kier molecular flexibility index (Phi) is 3.91. The van der Waals surface area contributed by atoms with Crippen LogP contribution in [0.4, 0.5) is 0 Å². The average molecular weight is 233 g/mol. The van der Waals surface area contributed by atoms with Gasteiger partial charge in [-0.05, 0) is 18.6 Å². The Morgan fingerprint density at radius 2 is 2.12 bits per heavy atom. The molecule has 0 amide bonds. The molecule has 0 radical (unpaired) electrons. The van der Waals surface area contributed by atoms with Crippen molar-refractivity contribution >= 4 is 10.9 Å². The second-order valence-corrected chi connectivity index (χ2v) is 4.29. The predicted octanol–water partition coefficient (Wildman–Crippen LogP) is 3.83. The van der Waals surface area contributed by atoms with E-state index in [0.717, 1.165) is 17.3 Å². The molecule has 0 saturated heterocycles. The third kappa shape index (κ3) is 2.93. The Morgan fingerprint density at radius 3 is 2.94 bits per heavy atom. The fourth-order valence-corrected chi connectivity index (χ4v) is 1.89. The quantitative estimate of drug-likeness (QED) is 0.745. The third-order valence-electron chi connectivity index (χ3n) is 2.89. The van der Waals surface area contributed by atoms with Crippen LogP contribution in [0.2, 0.25) is 0 Å². The van der Waals surface area contributed by atoms with E-state index >= 15 is 0 Å². The summed E-state index contributed by atoms with van der Waals surface area (Å²) in [7, 11) is 0. The fraction of sp³-hybridized carbons (Fsp3) is 0.429. The van der Waals surface area contributed by atoms with Crippen molar-refractivity contribution in [2.24, 2.45) is 0 Å². The number of phenols is 1. The second kappa shape index (κ2) is 5.62. The van der Waals surface area contributed by atoms with Crippen LogP contribution in [0.3, 0.4) is 0 Å². The molecule has 0 bridgehead atoms. The first-order chi connectivity index (χ1) is 8.31. The topological polar surface area (TPSA) is 45.2 Å². The van der Waals surface area contributed by atoms with Gasteiger partial charge in [0, 0.05) is 23.2 Å². The molecular formula is C14H19NO2. The summed E-state index contributed by atoms with van der Waals surface area (Å²) in [6, 6.07) is 5.55. The molecule has 92 valence electrons. The number of aromatic amines is 1. The number of fused-ring (bicyclic) bond motifs is 1. The number of unbranched alkanes of at least 4 members (excludes halogenated alkanes) is 3. The van der Waals surface area contributed by atoms with Crippen molar-refractivity contribution in [2.75, 3.05) is 6.61 Å². The highest BCUT2D eigenvalue weighted by Gasteiger charge is 2.05. The Morgan fingerprint density at radius 1 is 1.24 bits per heavy atom. The number of ether oxygens (including phenoxy) is 1. The minimum atomic E-state index is 0.204. The fourth-order valence-electron chi connectivity index (χ4n) is 1.89. The summed E-state index contributed by atoms with van der Waals surface area (Å²) >= 11 is 0. The standard InChI is InChI=1S/C14H19NO2/c1-2-3-4-5-8-17-14-9-11-6-7-15-12(11)10-13(14)16/h6-7,9-10,15-16H,2-5,8H2,1H3. The van der Waals surface area contributed by atoms with E-state index in [2.05, 4.69) is 11.9 Å². The van der Waals surface area contributed by atoms with Crippen LogP contribution in [-0.4, -0.2) is 16.7 Å². The molecule has 2 rings (SSSR count). The maximum atomic E-state index is 9.78. The van der Waals surface area contributed by atoms with Gasteiger partial charge in [0.1, 0.15) is 0 Å². The number of hydrogen-bond acceptors (Lipinski definition) is 2. The SMILES string of the molecule is CCCCCCOc1cc2cc[nH]c2cc1O. The van der Waals surface area contributed by atoms with E-state index in [1.165, 1.54) is 19.3 Å². The van der Waals surface area contributed by atoms with E-state index in [-0.39, 0.29) is 5.75 Å². The number of H-pyrrole nitrogens is 1. The van der Waals surface area contributed by atoms with E-state index in [0.29, 0.717) is 12.4 Å². The van der Waals surface area contributed by atoms with Gasteiger partial charge >= 0.3 is 0 Å². The molecule has 1 aromatic heterocycles. The lowest BCUT2D eigenvalue weighted by Gasteiger charge is -2.08. The predicted molar refractivity (Wildman–Crippen MR) is 69.6 cm³/mol. The smallest absolute Gasteiger partial charge is 0.161 e. The molecule has 0 saturated carbocycles.